The van der Waals surface area contributed by atoms with E-state index in [2.05, 4.69) is 84.9 Å². The fraction of sp³-hybridized carbons (Fsp3) is 0.190. The Bertz CT molecular complexity index is 894. The maximum Gasteiger partial charge on any atom is 0.203 e. The molecule has 0 aromatic heterocycles. The molecule has 0 fully saturated rings. The summed E-state index contributed by atoms with van der Waals surface area (Å²) in [4.78, 5) is 7.08. The van der Waals surface area contributed by atoms with Gasteiger partial charge in [-0.2, -0.15) is 0 Å². The number of guanidine groups is 1. The Morgan fingerprint density at radius 1 is 0.958 bits per heavy atom. The highest BCUT2D eigenvalue weighted by atomic mass is 15.3. The molecule has 3 heteroatoms. The first-order chi connectivity index (χ1) is 11.7. The average Bonchev–Trinajstić information content (AvgIpc) is 2.60. The highest BCUT2D eigenvalue weighted by Gasteiger charge is 2.21. The van der Waals surface area contributed by atoms with Gasteiger partial charge in [0.05, 0.1) is 17.4 Å². The molecular formula is C21H21N3. The fourth-order valence-corrected chi connectivity index (χ4v) is 3.35. The second-order valence-corrected chi connectivity index (χ2v) is 6.36. The van der Waals surface area contributed by atoms with Gasteiger partial charge >= 0.3 is 0 Å². The molecule has 3 aromatic rings. The quantitative estimate of drug-likeness (QED) is 0.759. The highest BCUT2D eigenvalue weighted by Crippen LogP contribution is 2.36. The number of benzene rings is 3. The fourth-order valence-electron chi connectivity index (χ4n) is 3.35. The summed E-state index contributed by atoms with van der Waals surface area (Å²) in [5, 5.41) is 6.02. The van der Waals surface area contributed by atoms with Gasteiger partial charge in [-0.05, 0) is 36.4 Å². The lowest BCUT2D eigenvalue weighted by Crippen LogP contribution is -2.37. The maximum absolute atomic E-state index is 4.93. The van der Waals surface area contributed by atoms with E-state index in [1.165, 1.54) is 22.0 Å². The van der Waals surface area contributed by atoms with E-state index in [-0.39, 0.29) is 6.04 Å². The largest absolute Gasteiger partial charge is 0.325 e. The van der Waals surface area contributed by atoms with Gasteiger partial charge in [-0.15, -0.1) is 0 Å². The third-order valence-corrected chi connectivity index (χ3v) is 4.52. The standard InChI is InChI=1S/C21H21N3/c1-15(14-16-8-4-3-5-9-16)22-21-23-18-12-6-10-17-11-7-13-19(20(17)18)24(21)2/h3-13,15H,14H2,1-2H3,(H,22,23). The highest BCUT2D eigenvalue weighted by molar-refractivity contribution is 6.20. The van der Waals surface area contributed by atoms with Crippen molar-refractivity contribution in [2.24, 2.45) is 4.99 Å². The summed E-state index contributed by atoms with van der Waals surface area (Å²) in [5.41, 5.74) is 3.65. The van der Waals surface area contributed by atoms with Crippen LogP contribution >= 0.6 is 0 Å². The smallest absolute Gasteiger partial charge is 0.203 e. The number of nitrogens with one attached hydrogen (secondary N) is 1. The SMILES string of the molecule is CC(Cc1ccccc1)N=C1Nc2cccc3cccc(c23)N1C. The molecule has 120 valence electrons. The lowest BCUT2D eigenvalue weighted by Gasteiger charge is -2.30. The Morgan fingerprint density at radius 3 is 2.50 bits per heavy atom. The molecule has 3 aromatic carbocycles. The predicted molar refractivity (Wildman–Crippen MR) is 103 cm³/mol. The maximum atomic E-state index is 4.93. The van der Waals surface area contributed by atoms with E-state index in [1.54, 1.807) is 0 Å². The summed E-state index contributed by atoms with van der Waals surface area (Å²) in [6.45, 7) is 2.16. The zero-order valence-corrected chi connectivity index (χ0v) is 14.0. The van der Waals surface area contributed by atoms with Crippen molar-refractivity contribution in [1.82, 2.24) is 0 Å². The summed E-state index contributed by atoms with van der Waals surface area (Å²) >= 11 is 0. The zero-order valence-electron chi connectivity index (χ0n) is 14.0. The Morgan fingerprint density at radius 2 is 1.71 bits per heavy atom. The Kier molecular flexibility index (Phi) is 3.69. The molecule has 1 aliphatic rings. The number of hydrogen-bond donors (Lipinski definition) is 1. The molecule has 0 saturated heterocycles. The third-order valence-electron chi connectivity index (χ3n) is 4.52. The predicted octanol–water partition coefficient (Wildman–Crippen LogP) is 4.69. The van der Waals surface area contributed by atoms with Crippen molar-refractivity contribution in [1.29, 1.82) is 0 Å². The molecule has 0 radical (unpaired) electrons. The van der Waals surface area contributed by atoms with Gasteiger partial charge in [0.15, 0.2) is 0 Å². The molecule has 24 heavy (non-hydrogen) atoms. The van der Waals surface area contributed by atoms with E-state index in [0.29, 0.717) is 0 Å². The van der Waals surface area contributed by atoms with Crippen LogP contribution in [0.1, 0.15) is 12.5 Å². The van der Waals surface area contributed by atoms with E-state index in [0.717, 1.165) is 18.1 Å². The van der Waals surface area contributed by atoms with Crippen molar-refractivity contribution in [3.05, 3.63) is 72.3 Å². The summed E-state index contributed by atoms with van der Waals surface area (Å²) < 4.78 is 0. The van der Waals surface area contributed by atoms with Gasteiger partial charge in [0.1, 0.15) is 0 Å². The summed E-state index contributed by atoms with van der Waals surface area (Å²) in [7, 11) is 2.08. The summed E-state index contributed by atoms with van der Waals surface area (Å²) in [5.74, 6) is 0.907. The minimum absolute atomic E-state index is 0.210. The minimum Gasteiger partial charge on any atom is -0.325 e. The van der Waals surface area contributed by atoms with Gasteiger partial charge < -0.3 is 10.2 Å². The average molecular weight is 315 g/mol. The summed E-state index contributed by atoms with van der Waals surface area (Å²) in [6.07, 6.45) is 0.936. The number of anilines is 2. The van der Waals surface area contributed by atoms with Gasteiger partial charge in [0.25, 0.3) is 0 Å². The molecule has 1 unspecified atom stereocenters. The molecule has 4 rings (SSSR count). The van der Waals surface area contributed by atoms with E-state index in [4.69, 9.17) is 4.99 Å². The molecule has 0 saturated carbocycles. The van der Waals surface area contributed by atoms with E-state index >= 15 is 0 Å². The lowest BCUT2D eigenvalue weighted by molar-refractivity contribution is 0.737. The van der Waals surface area contributed by atoms with Crippen LogP contribution in [-0.2, 0) is 6.42 Å². The van der Waals surface area contributed by atoms with Gasteiger partial charge in [0, 0.05) is 12.4 Å². The van der Waals surface area contributed by atoms with Gasteiger partial charge in [-0.1, -0.05) is 54.6 Å². The molecule has 1 atom stereocenters. The van der Waals surface area contributed by atoms with Gasteiger partial charge in [0.2, 0.25) is 5.96 Å². The van der Waals surface area contributed by atoms with Crippen LogP contribution in [0.3, 0.4) is 0 Å². The normalized spacial score (nSPS) is 16.2. The lowest BCUT2D eigenvalue weighted by atomic mass is 10.0. The van der Waals surface area contributed by atoms with Crippen molar-refractivity contribution in [3.63, 3.8) is 0 Å². The zero-order chi connectivity index (χ0) is 16.5. The van der Waals surface area contributed by atoms with Crippen molar-refractivity contribution < 1.29 is 0 Å². The molecule has 0 aliphatic carbocycles. The number of aliphatic imine (C=N–C) groups is 1. The topological polar surface area (TPSA) is 27.6 Å². The number of rotatable bonds is 3. The van der Waals surface area contributed by atoms with Crippen LogP contribution in [0.5, 0.6) is 0 Å². The first-order valence-electron chi connectivity index (χ1n) is 8.36. The minimum atomic E-state index is 0.210. The first kappa shape index (κ1) is 14.8. The molecule has 1 aliphatic heterocycles. The Balaban J connectivity index is 1.66. The van der Waals surface area contributed by atoms with Crippen LogP contribution in [0.4, 0.5) is 11.4 Å². The van der Waals surface area contributed by atoms with Crippen LogP contribution < -0.4 is 10.2 Å². The van der Waals surface area contributed by atoms with Crippen LogP contribution in [0.2, 0.25) is 0 Å². The van der Waals surface area contributed by atoms with Crippen LogP contribution in [0.25, 0.3) is 10.8 Å². The first-order valence-corrected chi connectivity index (χ1v) is 8.36. The van der Waals surface area contributed by atoms with Crippen molar-refractivity contribution in [2.75, 3.05) is 17.3 Å². The van der Waals surface area contributed by atoms with E-state index in [9.17, 15) is 0 Å². The Labute approximate surface area is 142 Å². The second kappa shape index (κ2) is 6.00. The van der Waals surface area contributed by atoms with Crippen LogP contribution in [-0.4, -0.2) is 19.0 Å². The van der Waals surface area contributed by atoms with Crippen molar-refractivity contribution >= 4 is 28.1 Å². The van der Waals surface area contributed by atoms with E-state index < -0.39 is 0 Å². The Hall–Kier alpha value is -2.81. The number of hydrogen-bond acceptors (Lipinski definition) is 1. The summed E-state index contributed by atoms with van der Waals surface area (Å²) in [6, 6.07) is 23.5. The van der Waals surface area contributed by atoms with Crippen LogP contribution in [0, 0.1) is 0 Å². The molecular weight excluding hydrogens is 294 g/mol. The molecule has 0 amide bonds. The van der Waals surface area contributed by atoms with Crippen molar-refractivity contribution in [2.45, 2.75) is 19.4 Å². The van der Waals surface area contributed by atoms with Crippen molar-refractivity contribution in [3.8, 4) is 0 Å². The molecule has 3 nitrogen and oxygen atoms in total. The van der Waals surface area contributed by atoms with Gasteiger partial charge in [-0.25, -0.2) is 4.99 Å². The van der Waals surface area contributed by atoms with E-state index in [1.807, 2.05) is 6.07 Å². The molecule has 1 heterocycles. The van der Waals surface area contributed by atoms with Gasteiger partial charge in [-0.3, -0.25) is 0 Å². The van der Waals surface area contributed by atoms with Crippen LogP contribution in [0.15, 0.2) is 71.7 Å². The molecule has 0 bridgehead atoms. The third kappa shape index (κ3) is 2.62. The second-order valence-electron chi connectivity index (χ2n) is 6.36. The number of nitrogens with zero attached hydrogens (tertiary/aromatic N) is 2. The monoisotopic (exact) mass is 315 g/mol. The molecule has 1 N–H and O–H groups in total. The molecule has 0 spiro atoms.